The predicted molar refractivity (Wildman–Crippen MR) is 97.9 cm³/mol. The number of aryl methyl sites for hydroxylation is 1. The lowest BCUT2D eigenvalue weighted by Gasteiger charge is -2.16. The number of amides is 1. The molecule has 26 heavy (non-hydrogen) atoms. The van der Waals surface area contributed by atoms with E-state index in [1.807, 2.05) is 0 Å². The van der Waals surface area contributed by atoms with E-state index in [-0.39, 0.29) is 21.4 Å². The molecule has 0 aliphatic rings. The Labute approximate surface area is 158 Å². The van der Waals surface area contributed by atoms with Gasteiger partial charge in [0.05, 0.1) is 23.9 Å². The van der Waals surface area contributed by atoms with E-state index in [0.29, 0.717) is 5.75 Å². The Morgan fingerprint density at radius 3 is 2.54 bits per heavy atom. The van der Waals surface area contributed by atoms with Crippen molar-refractivity contribution in [1.29, 1.82) is 0 Å². The van der Waals surface area contributed by atoms with Crippen molar-refractivity contribution >= 4 is 40.5 Å². The highest BCUT2D eigenvalue weighted by atomic mass is 35.5. The van der Waals surface area contributed by atoms with Gasteiger partial charge in [0.1, 0.15) is 5.75 Å². The van der Waals surface area contributed by atoms with Gasteiger partial charge in [0.2, 0.25) is 0 Å². The predicted octanol–water partition coefficient (Wildman–Crippen LogP) is 4.80. The van der Waals surface area contributed by atoms with Gasteiger partial charge in [0, 0.05) is 5.02 Å². The van der Waals surface area contributed by atoms with Crippen molar-refractivity contribution in [2.45, 2.75) is 13.1 Å². The summed E-state index contributed by atoms with van der Waals surface area (Å²) in [5.41, 5.74) is -0.363. The van der Waals surface area contributed by atoms with E-state index in [0.717, 1.165) is 17.7 Å². The summed E-state index contributed by atoms with van der Waals surface area (Å²) in [6.45, 7) is 1.76. The molecule has 2 aromatic carbocycles. The van der Waals surface area contributed by atoms with Crippen LogP contribution < -0.4 is 15.4 Å². The number of benzene rings is 2. The third-order valence-electron chi connectivity index (χ3n) is 3.42. The molecule has 0 fully saturated rings. The molecule has 0 heterocycles. The average molecular weight is 403 g/mol. The summed E-state index contributed by atoms with van der Waals surface area (Å²) in [5.74, 6) is -0.249. The van der Waals surface area contributed by atoms with E-state index in [1.54, 1.807) is 19.1 Å². The lowest BCUT2D eigenvalue weighted by Crippen LogP contribution is -2.35. The molecule has 9 heteroatoms. The van der Waals surface area contributed by atoms with Gasteiger partial charge in [-0.05, 0) is 49.0 Å². The van der Waals surface area contributed by atoms with Gasteiger partial charge in [-0.1, -0.05) is 23.7 Å². The van der Waals surface area contributed by atoms with Crippen molar-refractivity contribution in [1.82, 2.24) is 5.32 Å². The fourth-order valence-corrected chi connectivity index (χ4v) is 2.66. The van der Waals surface area contributed by atoms with E-state index in [4.69, 9.17) is 28.6 Å². The summed E-state index contributed by atoms with van der Waals surface area (Å²) in [5, 5.41) is 4.37. The second kappa shape index (κ2) is 7.92. The number of halogens is 4. The number of rotatable bonds is 3. The van der Waals surface area contributed by atoms with Crippen LogP contribution >= 0.6 is 23.8 Å². The van der Waals surface area contributed by atoms with Gasteiger partial charge in [0.15, 0.2) is 5.11 Å². The Hall–Kier alpha value is -2.32. The fourth-order valence-electron chi connectivity index (χ4n) is 2.29. The van der Waals surface area contributed by atoms with Crippen molar-refractivity contribution in [3.8, 4) is 5.75 Å². The van der Waals surface area contributed by atoms with Gasteiger partial charge in [0.25, 0.3) is 5.91 Å². The van der Waals surface area contributed by atoms with Crippen LogP contribution in [0, 0.1) is 6.92 Å². The molecule has 0 aliphatic heterocycles. The van der Waals surface area contributed by atoms with Gasteiger partial charge >= 0.3 is 6.18 Å². The van der Waals surface area contributed by atoms with Crippen LogP contribution in [0.4, 0.5) is 18.9 Å². The van der Waals surface area contributed by atoms with E-state index in [9.17, 15) is 18.0 Å². The molecule has 0 spiro atoms. The molecule has 0 aromatic heterocycles. The SMILES string of the molecule is COc1c(C)cccc1C(=O)NC(=S)Nc1ccc(Cl)cc1C(F)(F)F. The van der Waals surface area contributed by atoms with E-state index < -0.39 is 17.6 Å². The van der Waals surface area contributed by atoms with Gasteiger partial charge in [-0.15, -0.1) is 0 Å². The summed E-state index contributed by atoms with van der Waals surface area (Å²) >= 11 is 10.6. The monoisotopic (exact) mass is 402 g/mol. The smallest absolute Gasteiger partial charge is 0.418 e. The lowest BCUT2D eigenvalue weighted by molar-refractivity contribution is -0.136. The second-order valence-electron chi connectivity index (χ2n) is 5.25. The van der Waals surface area contributed by atoms with Crippen LogP contribution in [0.25, 0.3) is 0 Å². The Bertz CT molecular complexity index is 856. The van der Waals surface area contributed by atoms with Crippen LogP contribution in [-0.4, -0.2) is 18.1 Å². The molecule has 2 aromatic rings. The zero-order valence-corrected chi connectivity index (χ0v) is 15.3. The van der Waals surface area contributed by atoms with Crippen LogP contribution in [0.3, 0.4) is 0 Å². The molecule has 2 N–H and O–H groups in total. The van der Waals surface area contributed by atoms with Crippen molar-refractivity contribution in [3.05, 3.63) is 58.1 Å². The molecule has 0 saturated heterocycles. The minimum Gasteiger partial charge on any atom is -0.496 e. The number of carbonyl (C=O) groups excluding carboxylic acids is 1. The second-order valence-corrected chi connectivity index (χ2v) is 6.10. The Morgan fingerprint density at radius 1 is 1.23 bits per heavy atom. The third-order valence-corrected chi connectivity index (χ3v) is 3.86. The van der Waals surface area contributed by atoms with Gasteiger partial charge in [-0.3, -0.25) is 10.1 Å². The zero-order valence-electron chi connectivity index (χ0n) is 13.7. The van der Waals surface area contributed by atoms with E-state index >= 15 is 0 Å². The molecule has 0 saturated carbocycles. The molecule has 0 unspecified atom stereocenters. The van der Waals surface area contributed by atoms with Gasteiger partial charge in [-0.25, -0.2) is 0 Å². The van der Waals surface area contributed by atoms with Crippen LogP contribution in [-0.2, 0) is 6.18 Å². The molecule has 2 rings (SSSR count). The molecule has 0 atom stereocenters. The molecule has 138 valence electrons. The summed E-state index contributed by atoms with van der Waals surface area (Å²) in [4.78, 5) is 12.4. The van der Waals surface area contributed by atoms with E-state index in [2.05, 4.69) is 10.6 Å². The zero-order chi connectivity index (χ0) is 19.5. The molecule has 0 bridgehead atoms. The summed E-state index contributed by atoms with van der Waals surface area (Å²) in [7, 11) is 1.42. The number of nitrogens with one attached hydrogen (secondary N) is 2. The van der Waals surface area contributed by atoms with Crippen LogP contribution in [0.2, 0.25) is 5.02 Å². The number of methoxy groups -OCH3 is 1. The minimum atomic E-state index is -4.63. The number of carbonyl (C=O) groups is 1. The van der Waals surface area contributed by atoms with E-state index in [1.165, 1.54) is 19.2 Å². The molecule has 4 nitrogen and oxygen atoms in total. The number of alkyl halides is 3. The first kappa shape index (κ1) is 20.0. The first-order chi connectivity index (χ1) is 12.1. The Kier molecular flexibility index (Phi) is 6.09. The molecular formula is C17H14ClF3N2O2S. The topological polar surface area (TPSA) is 50.4 Å². The number of hydrogen-bond donors (Lipinski definition) is 2. The summed E-state index contributed by atoms with van der Waals surface area (Å²) in [6, 6.07) is 8.13. The standard InChI is InChI=1S/C17H14ClF3N2O2S/c1-9-4-3-5-11(14(9)25-2)15(24)23-16(26)22-13-7-6-10(18)8-12(13)17(19,20)21/h3-8H,1-2H3,(H2,22,23,24,26). The van der Waals surface area contributed by atoms with Gasteiger partial charge < -0.3 is 10.1 Å². The Balaban J connectivity index is 2.20. The number of para-hydroxylation sites is 1. The highest BCUT2D eigenvalue weighted by Crippen LogP contribution is 2.36. The molecule has 0 aliphatic carbocycles. The number of thiocarbonyl (C=S) groups is 1. The maximum Gasteiger partial charge on any atom is 0.418 e. The number of hydrogen-bond acceptors (Lipinski definition) is 3. The minimum absolute atomic E-state index is 0.0673. The fraction of sp³-hybridized carbons (Fsp3) is 0.176. The van der Waals surface area contributed by atoms with Crippen molar-refractivity contribution < 1.29 is 22.7 Å². The number of ether oxygens (including phenoxy) is 1. The summed E-state index contributed by atoms with van der Waals surface area (Å²) < 4.78 is 44.5. The maximum absolute atomic E-state index is 13.1. The molecular weight excluding hydrogens is 389 g/mol. The largest absolute Gasteiger partial charge is 0.496 e. The van der Waals surface area contributed by atoms with Crippen LogP contribution in [0.15, 0.2) is 36.4 Å². The lowest BCUT2D eigenvalue weighted by atomic mass is 10.1. The maximum atomic E-state index is 13.1. The Morgan fingerprint density at radius 2 is 1.92 bits per heavy atom. The quantitative estimate of drug-likeness (QED) is 0.724. The third kappa shape index (κ3) is 4.64. The van der Waals surface area contributed by atoms with Crippen molar-refractivity contribution in [2.75, 3.05) is 12.4 Å². The average Bonchev–Trinajstić information content (AvgIpc) is 2.55. The molecule has 1 amide bonds. The first-order valence-electron chi connectivity index (χ1n) is 7.26. The van der Waals surface area contributed by atoms with Crippen molar-refractivity contribution in [3.63, 3.8) is 0 Å². The van der Waals surface area contributed by atoms with Crippen LogP contribution in [0.1, 0.15) is 21.5 Å². The van der Waals surface area contributed by atoms with Crippen molar-refractivity contribution in [2.24, 2.45) is 0 Å². The highest BCUT2D eigenvalue weighted by Gasteiger charge is 2.34. The van der Waals surface area contributed by atoms with Gasteiger partial charge in [-0.2, -0.15) is 13.2 Å². The molecule has 0 radical (unpaired) electrons. The van der Waals surface area contributed by atoms with Crippen LogP contribution in [0.5, 0.6) is 5.75 Å². The summed E-state index contributed by atoms with van der Waals surface area (Å²) in [6.07, 6.45) is -4.63. The first-order valence-corrected chi connectivity index (χ1v) is 8.04. The highest BCUT2D eigenvalue weighted by molar-refractivity contribution is 7.80. The number of anilines is 1. The normalized spacial score (nSPS) is 11.0.